The average molecular weight is 423 g/mol. The highest BCUT2D eigenvalue weighted by Gasteiger charge is 2.30. The van der Waals surface area contributed by atoms with Gasteiger partial charge in [-0.2, -0.15) is 0 Å². The number of piperidine rings is 1. The van der Waals surface area contributed by atoms with Gasteiger partial charge in [0.15, 0.2) is 0 Å². The quantitative estimate of drug-likeness (QED) is 0.774. The molecule has 1 heterocycles. The Bertz CT molecular complexity index is 876. The summed E-state index contributed by atoms with van der Waals surface area (Å²) < 4.78 is 13.1. The third-order valence-electron chi connectivity index (χ3n) is 6.76. The number of benzene rings is 2. The summed E-state index contributed by atoms with van der Waals surface area (Å²) in [6.07, 6.45) is 6.12. The Morgan fingerprint density at radius 1 is 0.935 bits per heavy atom. The summed E-state index contributed by atoms with van der Waals surface area (Å²) in [7, 11) is 0. The molecule has 31 heavy (non-hydrogen) atoms. The minimum atomic E-state index is -0.302. The van der Waals surface area contributed by atoms with E-state index in [1.165, 1.54) is 17.7 Å². The van der Waals surface area contributed by atoms with Crippen LogP contribution in [0.2, 0.25) is 0 Å². The molecular formula is C26H31FN2O2. The molecule has 4 rings (SSSR count). The summed E-state index contributed by atoms with van der Waals surface area (Å²) in [6, 6.07) is 16.9. The van der Waals surface area contributed by atoms with Gasteiger partial charge in [-0.05, 0) is 67.7 Å². The molecule has 164 valence electrons. The van der Waals surface area contributed by atoms with Crippen LogP contribution in [0.15, 0.2) is 54.6 Å². The highest BCUT2D eigenvalue weighted by molar-refractivity contribution is 5.82. The number of nitrogens with zero attached hydrogens (tertiary/aromatic N) is 1. The number of rotatable bonds is 5. The predicted octanol–water partition coefficient (Wildman–Crippen LogP) is 4.45. The van der Waals surface area contributed by atoms with Crippen LogP contribution in [-0.4, -0.2) is 35.8 Å². The molecule has 2 aromatic carbocycles. The number of carbonyl (C=O) groups excluding carboxylic acids is 2. The molecule has 4 nitrogen and oxygen atoms in total. The molecule has 0 aromatic heterocycles. The fourth-order valence-electron chi connectivity index (χ4n) is 4.92. The predicted molar refractivity (Wildman–Crippen MR) is 119 cm³/mol. The lowest BCUT2D eigenvalue weighted by Crippen LogP contribution is -2.48. The SMILES string of the molecule is O=C(NC1CCC(c2ccccc2)CC1)C1CCCN(C(=O)Cc2ccc(F)cc2)C1. The zero-order valence-electron chi connectivity index (χ0n) is 17.9. The van der Waals surface area contributed by atoms with Crippen molar-refractivity contribution in [3.8, 4) is 0 Å². The molecule has 1 unspecified atom stereocenters. The Morgan fingerprint density at radius 3 is 2.35 bits per heavy atom. The van der Waals surface area contributed by atoms with Gasteiger partial charge in [0.25, 0.3) is 0 Å². The summed E-state index contributed by atoms with van der Waals surface area (Å²) in [5, 5.41) is 3.26. The van der Waals surface area contributed by atoms with Crippen LogP contribution in [0.4, 0.5) is 4.39 Å². The first kappa shape index (κ1) is 21.5. The van der Waals surface area contributed by atoms with E-state index in [9.17, 15) is 14.0 Å². The van der Waals surface area contributed by atoms with Crippen molar-refractivity contribution < 1.29 is 14.0 Å². The molecule has 1 saturated carbocycles. The van der Waals surface area contributed by atoms with E-state index in [1.54, 1.807) is 17.0 Å². The summed E-state index contributed by atoms with van der Waals surface area (Å²) in [6.45, 7) is 1.16. The first-order valence-electron chi connectivity index (χ1n) is 11.5. The number of amides is 2. The molecule has 2 aromatic rings. The molecule has 1 saturated heterocycles. The van der Waals surface area contributed by atoms with Crippen LogP contribution in [0, 0.1) is 11.7 Å². The van der Waals surface area contributed by atoms with E-state index in [0.717, 1.165) is 44.1 Å². The molecule has 2 amide bonds. The Kier molecular flexibility index (Phi) is 7.00. The fourth-order valence-corrected chi connectivity index (χ4v) is 4.92. The first-order chi connectivity index (χ1) is 15.1. The minimum Gasteiger partial charge on any atom is -0.353 e. The molecule has 2 aliphatic rings. The summed E-state index contributed by atoms with van der Waals surface area (Å²) in [4.78, 5) is 27.4. The maximum absolute atomic E-state index is 13.1. The van der Waals surface area contributed by atoms with Crippen LogP contribution in [0.25, 0.3) is 0 Å². The van der Waals surface area contributed by atoms with Crippen molar-refractivity contribution in [2.75, 3.05) is 13.1 Å². The molecular weight excluding hydrogens is 391 g/mol. The van der Waals surface area contributed by atoms with E-state index in [4.69, 9.17) is 0 Å². The van der Waals surface area contributed by atoms with E-state index in [-0.39, 0.29) is 36.0 Å². The molecule has 0 bridgehead atoms. The highest BCUT2D eigenvalue weighted by atomic mass is 19.1. The Balaban J connectivity index is 1.25. The Labute approximate surface area is 183 Å². The van der Waals surface area contributed by atoms with Crippen LogP contribution in [-0.2, 0) is 16.0 Å². The van der Waals surface area contributed by atoms with Gasteiger partial charge >= 0.3 is 0 Å². The van der Waals surface area contributed by atoms with E-state index < -0.39 is 0 Å². The standard InChI is InChI=1S/C26H31FN2O2/c27-23-12-8-19(9-13-23)17-25(30)29-16-4-7-22(18-29)26(31)28-24-14-10-21(11-15-24)20-5-2-1-3-6-20/h1-3,5-6,8-9,12-13,21-22,24H,4,7,10-11,14-18H2,(H,28,31). The summed E-state index contributed by atoms with van der Waals surface area (Å²) in [5.41, 5.74) is 2.20. The molecule has 5 heteroatoms. The van der Waals surface area contributed by atoms with Crippen molar-refractivity contribution >= 4 is 11.8 Å². The van der Waals surface area contributed by atoms with E-state index in [2.05, 4.69) is 29.6 Å². The molecule has 0 spiro atoms. The number of hydrogen-bond acceptors (Lipinski definition) is 2. The average Bonchev–Trinajstić information content (AvgIpc) is 2.81. The van der Waals surface area contributed by atoms with Gasteiger partial charge in [-0.1, -0.05) is 42.5 Å². The smallest absolute Gasteiger partial charge is 0.227 e. The van der Waals surface area contributed by atoms with Crippen molar-refractivity contribution in [3.05, 3.63) is 71.5 Å². The van der Waals surface area contributed by atoms with Crippen LogP contribution in [0.5, 0.6) is 0 Å². The van der Waals surface area contributed by atoms with E-state index in [0.29, 0.717) is 19.0 Å². The lowest BCUT2D eigenvalue weighted by molar-refractivity contribution is -0.135. The molecule has 1 N–H and O–H groups in total. The van der Waals surface area contributed by atoms with Crippen LogP contribution >= 0.6 is 0 Å². The van der Waals surface area contributed by atoms with Gasteiger partial charge in [0.05, 0.1) is 12.3 Å². The van der Waals surface area contributed by atoms with Crippen molar-refractivity contribution in [1.29, 1.82) is 0 Å². The Hall–Kier alpha value is -2.69. The van der Waals surface area contributed by atoms with Crippen LogP contribution in [0.3, 0.4) is 0 Å². The van der Waals surface area contributed by atoms with Gasteiger partial charge < -0.3 is 10.2 Å². The van der Waals surface area contributed by atoms with Gasteiger partial charge in [-0.25, -0.2) is 4.39 Å². The third kappa shape index (κ3) is 5.72. The number of nitrogens with one attached hydrogen (secondary N) is 1. The zero-order valence-corrected chi connectivity index (χ0v) is 17.9. The van der Waals surface area contributed by atoms with E-state index >= 15 is 0 Å². The van der Waals surface area contributed by atoms with Crippen molar-refractivity contribution in [2.45, 2.75) is 56.9 Å². The highest BCUT2D eigenvalue weighted by Crippen LogP contribution is 2.33. The minimum absolute atomic E-state index is 0.00692. The van der Waals surface area contributed by atoms with Crippen LogP contribution < -0.4 is 5.32 Å². The Morgan fingerprint density at radius 2 is 1.65 bits per heavy atom. The van der Waals surface area contributed by atoms with E-state index in [1.807, 2.05) is 6.07 Å². The van der Waals surface area contributed by atoms with Crippen molar-refractivity contribution in [2.24, 2.45) is 5.92 Å². The molecule has 2 fully saturated rings. The van der Waals surface area contributed by atoms with Gasteiger partial charge in [0.2, 0.25) is 11.8 Å². The molecule has 1 aliphatic carbocycles. The normalized spacial score (nSPS) is 23.9. The number of halogens is 1. The van der Waals surface area contributed by atoms with Gasteiger partial charge in [0.1, 0.15) is 5.82 Å². The third-order valence-corrected chi connectivity index (χ3v) is 6.76. The monoisotopic (exact) mass is 422 g/mol. The second-order valence-electron chi connectivity index (χ2n) is 8.95. The second kappa shape index (κ2) is 10.1. The number of hydrogen-bond donors (Lipinski definition) is 1. The summed E-state index contributed by atoms with van der Waals surface area (Å²) in [5.74, 6) is 0.236. The zero-order chi connectivity index (χ0) is 21.6. The number of carbonyl (C=O) groups is 2. The van der Waals surface area contributed by atoms with Crippen molar-refractivity contribution in [1.82, 2.24) is 10.2 Å². The van der Waals surface area contributed by atoms with Crippen molar-refractivity contribution in [3.63, 3.8) is 0 Å². The van der Waals surface area contributed by atoms with Gasteiger partial charge in [-0.3, -0.25) is 9.59 Å². The lowest BCUT2D eigenvalue weighted by atomic mass is 9.81. The largest absolute Gasteiger partial charge is 0.353 e. The topological polar surface area (TPSA) is 49.4 Å². The first-order valence-corrected chi connectivity index (χ1v) is 11.5. The summed E-state index contributed by atoms with van der Waals surface area (Å²) >= 11 is 0. The fraction of sp³-hybridized carbons (Fsp3) is 0.462. The lowest BCUT2D eigenvalue weighted by Gasteiger charge is -2.34. The maximum atomic E-state index is 13.1. The van der Waals surface area contributed by atoms with Gasteiger partial charge in [-0.15, -0.1) is 0 Å². The van der Waals surface area contributed by atoms with Gasteiger partial charge in [0, 0.05) is 19.1 Å². The molecule has 1 aliphatic heterocycles. The number of likely N-dealkylation sites (tertiary alicyclic amines) is 1. The molecule has 0 radical (unpaired) electrons. The molecule has 1 atom stereocenters. The maximum Gasteiger partial charge on any atom is 0.227 e. The van der Waals surface area contributed by atoms with Crippen LogP contribution in [0.1, 0.15) is 55.6 Å². The second-order valence-corrected chi connectivity index (χ2v) is 8.95.